The number of rotatable bonds is 12. The van der Waals surface area contributed by atoms with Crippen LogP contribution >= 0.6 is 11.6 Å². The summed E-state index contributed by atoms with van der Waals surface area (Å²) < 4.78 is 16.6. The van der Waals surface area contributed by atoms with Gasteiger partial charge in [0.1, 0.15) is 11.7 Å². The lowest BCUT2D eigenvalue weighted by Gasteiger charge is -2.32. The lowest BCUT2D eigenvalue weighted by molar-refractivity contribution is -0.385. The van der Waals surface area contributed by atoms with Gasteiger partial charge in [-0.2, -0.15) is 0 Å². The smallest absolute Gasteiger partial charge is 0.336 e. The summed E-state index contributed by atoms with van der Waals surface area (Å²) in [4.78, 5) is 41.8. The number of esters is 2. The van der Waals surface area contributed by atoms with Gasteiger partial charge in [0, 0.05) is 35.2 Å². The molecule has 1 heterocycles. The molecule has 2 unspecified atom stereocenters. The van der Waals surface area contributed by atoms with Gasteiger partial charge in [-0.1, -0.05) is 6.92 Å². The maximum absolute atomic E-state index is 13.1. The van der Waals surface area contributed by atoms with Crippen molar-refractivity contribution < 1.29 is 28.7 Å². The summed E-state index contributed by atoms with van der Waals surface area (Å²) in [6.07, 6.45) is 1.81. The van der Waals surface area contributed by atoms with E-state index in [0.717, 1.165) is 6.42 Å². The van der Waals surface area contributed by atoms with Crippen LogP contribution in [-0.2, 0) is 19.1 Å². The first kappa shape index (κ1) is 27.3. The number of benzene rings is 1. The maximum Gasteiger partial charge on any atom is 0.336 e. The predicted octanol–water partition coefficient (Wildman–Crippen LogP) is 4.96. The molecule has 0 saturated carbocycles. The summed E-state index contributed by atoms with van der Waals surface area (Å²) in [5, 5.41) is 11.6. The lowest BCUT2D eigenvalue weighted by Crippen LogP contribution is -2.37. The highest BCUT2D eigenvalue weighted by molar-refractivity contribution is 6.17. The van der Waals surface area contributed by atoms with Crippen molar-refractivity contribution in [3.63, 3.8) is 0 Å². The van der Waals surface area contributed by atoms with Crippen molar-refractivity contribution in [3.8, 4) is 5.75 Å². The van der Waals surface area contributed by atoms with Crippen LogP contribution in [0.25, 0.3) is 0 Å². The third-order valence-electron chi connectivity index (χ3n) is 5.41. The first-order valence-electron chi connectivity index (χ1n) is 11.4. The van der Waals surface area contributed by atoms with Crippen LogP contribution in [0.15, 0.2) is 34.5 Å². The summed E-state index contributed by atoms with van der Waals surface area (Å²) in [7, 11) is 0. The Morgan fingerprint density at radius 1 is 1.15 bits per heavy atom. The highest BCUT2D eigenvalue weighted by atomic mass is 35.5. The van der Waals surface area contributed by atoms with E-state index >= 15 is 0 Å². The number of carbonyl (C=O) groups excluding carboxylic acids is 2. The second-order valence-electron chi connectivity index (χ2n) is 7.62. The number of hydrogen-bond acceptors (Lipinski definition) is 8. The molecule has 186 valence electrons. The summed E-state index contributed by atoms with van der Waals surface area (Å²) in [5.74, 6) is -2.28. The molecule has 0 radical (unpaired) electrons. The van der Waals surface area contributed by atoms with Crippen molar-refractivity contribution in [2.45, 2.75) is 52.9 Å². The SMILES string of the molecule is CCOC(=O)C1=C(CC)N=C(C)C(C(=O)OCC)C1c1cc([N+](=O)[O-])ccc1OCCCCCl. The van der Waals surface area contributed by atoms with E-state index < -0.39 is 28.7 Å². The van der Waals surface area contributed by atoms with E-state index in [1.54, 1.807) is 20.8 Å². The monoisotopic (exact) mass is 494 g/mol. The van der Waals surface area contributed by atoms with Crippen molar-refractivity contribution in [2.75, 3.05) is 25.7 Å². The van der Waals surface area contributed by atoms with Gasteiger partial charge in [-0.05, 0) is 46.1 Å². The number of aliphatic imine (C=N–C) groups is 1. The standard InChI is InChI=1S/C24H31ClN2O7/c1-5-18-22(24(29)33-7-3)21(20(15(4)26-18)23(28)32-6-2)17-14-16(27(30)31)10-11-19(17)34-13-9-8-12-25/h10-11,14,20-21H,5-9,12-13H2,1-4H3. The molecule has 0 fully saturated rings. The molecule has 2 atom stereocenters. The minimum atomic E-state index is -0.971. The van der Waals surface area contributed by atoms with E-state index in [9.17, 15) is 19.7 Å². The Morgan fingerprint density at radius 2 is 1.85 bits per heavy atom. The highest BCUT2D eigenvalue weighted by Gasteiger charge is 2.44. The number of carbonyl (C=O) groups is 2. The molecule has 0 aliphatic carbocycles. The Kier molecular flexibility index (Phi) is 10.5. The molecule has 1 aliphatic heterocycles. The summed E-state index contributed by atoms with van der Waals surface area (Å²) in [6.45, 7) is 7.45. The number of nitro groups is 1. The van der Waals surface area contributed by atoms with Gasteiger partial charge in [0.2, 0.25) is 0 Å². The molecule has 9 nitrogen and oxygen atoms in total. The molecule has 0 spiro atoms. The highest BCUT2D eigenvalue weighted by Crippen LogP contribution is 2.45. The largest absolute Gasteiger partial charge is 0.493 e. The van der Waals surface area contributed by atoms with Crippen LogP contribution in [0.5, 0.6) is 5.75 Å². The van der Waals surface area contributed by atoms with Gasteiger partial charge < -0.3 is 14.2 Å². The van der Waals surface area contributed by atoms with E-state index in [-0.39, 0.29) is 24.5 Å². The van der Waals surface area contributed by atoms with Crippen molar-refractivity contribution >= 4 is 34.9 Å². The van der Waals surface area contributed by atoms with Gasteiger partial charge in [0.05, 0.1) is 36.0 Å². The number of unbranched alkanes of at least 4 members (excludes halogenated alkanes) is 1. The lowest BCUT2D eigenvalue weighted by atomic mass is 9.74. The molecular weight excluding hydrogens is 464 g/mol. The van der Waals surface area contributed by atoms with Crippen LogP contribution in [0.4, 0.5) is 5.69 Å². The number of ether oxygens (including phenoxy) is 3. The van der Waals surface area contributed by atoms with E-state index in [0.29, 0.717) is 48.1 Å². The van der Waals surface area contributed by atoms with E-state index in [1.165, 1.54) is 18.2 Å². The maximum atomic E-state index is 13.1. The third-order valence-corrected chi connectivity index (χ3v) is 5.68. The average molecular weight is 495 g/mol. The van der Waals surface area contributed by atoms with Gasteiger partial charge in [-0.15, -0.1) is 11.6 Å². The molecule has 0 bridgehead atoms. The van der Waals surface area contributed by atoms with Gasteiger partial charge in [0.15, 0.2) is 0 Å². The number of hydrogen-bond donors (Lipinski definition) is 0. The summed E-state index contributed by atoms with van der Waals surface area (Å²) in [5.41, 5.74) is 1.24. The quantitative estimate of drug-likeness (QED) is 0.132. The molecule has 0 amide bonds. The zero-order valence-electron chi connectivity index (χ0n) is 20.0. The molecule has 10 heteroatoms. The number of nitrogens with zero attached hydrogens (tertiary/aromatic N) is 2. The zero-order valence-corrected chi connectivity index (χ0v) is 20.7. The molecular formula is C24H31ClN2O7. The van der Waals surface area contributed by atoms with Crippen molar-refractivity contribution in [1.82, 2.24) is 0 Å². The fraction of sp³-hybridized carbons (Fsp3) is 0.542. The van der Waals surface area contributed by atoms with E-state index in [1.807, 2.05) is 6.92 Å². The minimum Gasteiger partial charge on any atom is -0.493 e. The normalized spacial score (nSPS) is 17.7. The van der Waals surface area contributed by atoms with Gasteiger partial charge in [-0.3, -0.25) is 19.9 Å². The van der Waals surface area contributed by atoms with Gasteiger partial charge in [-0.25, -0.2) is 4.79 Å². The van der Waals surface area contributed by atoms with Crippen LogP contribution in [0.3, 0.4) is 0 Å². The molecule has 0 N–H and O–H groups in total. The molecule has 0 saturated heterocycles. The number of allylic oxidation sites excluding steroid dienone is 1. The first-order chi connectivity index (χ1) is 16.3. The summed E-state index contributed by atoms with van der Waals surface area (Å²) in [6, 6.07) is 4.17. The van der Waals surface area contributed by atoms with Crippen molar-refractivity contribution in [3.05, 3.63) is 45.1 Å². The Morgan fingerprint density at radius 3 is 2.44 bits per heavy atom. The molecule has 1 aliphatic rings. The Labute approximate surface area is 204 Å². The van der Waals surface area contributed by atoms with Crippen LogP contribution in [0.2, 0.25) is 0 Å². The van der Waals surface area contributed by atoms with E-state index in [2.05, 4.69) is 4.99 Å². The molecule has 1 aromatic carbocycles. The Bertz CT molecular complexity index is 974. The van der Waals surface area contributed by atoms with Gasteiger partial charge in [0.25, 0.3) is 5.69 Å². The second-order valence-corrected chi connectivity index (χ2v) is 8.00. The number of non-ortho nitro benzene ring substituents is 1. The van der Waals surface area contributed by atoms with Crippen molar-refractivity contribution in [1.29, 1.82) is 0 Å². The predicted molar refractivity (Wildman–Crippen MR) is 128 cm³/mol. The van der Waals surface area contributed by atoms with Crippen LogP contribution in [0, 0.1) is 16.0 Å². The van der Waals surface area contributed by atoms with Gasteiger partial charge >= 0.3 is 11.9 Å². The molecule has 1 aromatic rings. The molecule has 0 aromatic heterocycles. The number of alkyl halides is 1. The van der Waals surface area contributed by atoms with Crippen LogP contribution in [0.1, 0.15) is 58.4 Å². The fourth-order valence-electron chi connectivity index (χ4n) is 3.93. The number of nitro benzene ring substituents is 1. The Balaban J connectivity index is 2.76. The average Bonchev–Trinajstić information content (AvgIpc) is 2.81. The summed E-state index contributed by atoms with van der Waals surface area (Å²) >= 11 is 5.75. The minimum absolute atomic E-state index is 0.121. The first-order valence-corrected chi connectivity index (χ1v) is 11.9. The number of halogens is 1. The third kappa shape index (κ3) is 6.34. The second kappa shape index (κ2) is 13.1. The van der Waals surface area contributed by atoms with Crippen LogP contribution < -0.4 is 4.74 Å². The Hall–Kier alpha value is -2.94. The topological polar surface area (TPSA) is 117 Å². The fourth-order valence-corrected chi connectivity index (χ4v) is 4.12. The van der Waals surface area contributed by atoms with Crippen LogP contribution in [-0.4, -0.2) is 48.3 Å². The molecule has 34 heavy (non-hydrogen) atoms. The molecule has 2 rings (SSSR count). The van der Waals surface area contributed by atoms with Crippen molar-refractivity contribution in [2.24, 2.45) is 10.9 Å². The van der Waals surface area contributed by atoms with E-state index in [4.69, 9.17) is 25.8 Å². The zero-order chi connectivity index (χ0) is 25.3.